The number of aryl methyl sites for hydroxylation is 3. The molecule has 0 unspecified atom stereocenters. The third-order valence-electron chi connectivity index (χ3n) is 4.76. The molecule has 1 saturated heterocycles. The van der Waals surface area contributed by atoms with Crippen molar-refractivity contribution in [1.29, 1.82) is 0 Å². The van der Waals surface area contributed by atoms with Gasteiger partial charge in [-0.25, -0.2) is 0 Å². The fourth-order valence-corrected chi connectivity index (χ4v) is 3.46. The van der Waals surface area contributed by atoms with Crippen LogP contribution in [0, 0.1) is 20.8 Å². The van der Waals surface area contributed by atoms with E-state index >= 15 is 0 Å². The molecule has 3 heterocycles. The summed E-state index contributed by atoms with van der Waals surface area (Å²) in [6, 6.07) is 6.29. The number of hydrogen-bond acceptors (Lipinski definition) is 3. The SMILES string of the molecule is Cc1ccc(CC(=O)N2CCCC[C@@H]2Cn2nc(C)cc2C)cn1. The molecule has 24 heavy (non-hydrogen) atoms. The van der Waals surface area contributed by atoms with Crippen molar-refractivity contribution in [2.75, 3.05) is 6.54 Å². The maximum Gasteiger partial charge on any atom is 0.227 e. The van der Waals surface area contributed by atoms with Gasteiger partial charge in [0.15, 0.2) is 0 Å². The zero-order valence-electron chi connectivity index (χ0n) is 14.8. The minimum atomic E-state index is 0.201. The maximum absolute atomic E-state index is 12.8. The van der Waals surface area contributed by atoms with Crippen LogP contribution in [0.2, 0.25) is 0 Å². The Morgan fingerprint density at radius 1 is 1.21 bits per heavy atom. The number of pyridine rings is 1. The number of aromatic nitrogens is 3. The predicted molar refractivity (Wildman–Crippen MR) is 93.7 cm³/mol. The lowest BCUT2D eigenvalue weighted by Crippen LogP contribution is -2.46. The highest BCUT2D eigenvalue weighted by Gasteiger charge is 2.27. The zero-order valence-corrected chi connectivity index (χ0v) is 14.8. The molecule has 5 heteroatoms. The zero-order chi connectivity index (χ0) is 17.1. The first-order chi connectivity index (χ1) is 11.5. The van der Waals surface area contributed by atoms with E-state index in [9.17, 15) is 4.79 Å². The van der Waals surface area contributed by atoms with Gasteiger partial charge in [-0.15, -0.1) is 0 Å². The van der Waals surface area contributed by atoms with E-state index in [4.69, 9.17) is 0 Å². The van der Waals surface area contributed by atoms with Crippen LogP contribution in [0.15, 0.2) is 24.4 Å². The monoisotopic (exact) mass is 326 g/mol. The van der Waals surface area contributed by atoms with E-state index in [-0.39, 0.29) is 11.9 Å². The molecule has 2 aromatic heterocycles. The highest BCUT2D eigenvalue weighted by Crippen LogP contribution is 2.20. The van der Waals surface area contributed by atoms with Crippen LogP contribution in [0.25, 0.3) is 0 Å². The molecule has 1 fully saturated rings. The quantitative estimate of drug-likeness (QED) is 0.868. The lowest BCUT2D eigenvalue weighted by atomic mass is 10.0. The second-order valence-electron chi connectivity index (χ2n) is 6.83. The van der Waals surface area contributed by atoms with E-state index in [0.29, 0.717) is 6.42 Å². The van der Waals surface area contributed by atoms with Gasteiger partial charge in [0, 0.05) is 24.1 Å². The van der Waals surface area contributed by atoms with Crippen molar-refractivity contribution in [2.24, 2.45) is 0 Å². The first kappa shape index (κ1) is 16.7. The maximum atomic E-state index is 12.8. The number of rotatable bonds is 4. The van der Waals surface area contributed by atoms with Crippen molar-refractivity contribution in [3.05, 3.63) is 47.0 Å². The second kappa shape index (κ2) is 7.16. The van der Waals surface area contributed by atoms with Crippen LogP contribution in [-0.2, 0) is 17.8 Å². The molecule has 1 atom stereocenters. The van der Waals surface area contributed by atoms with Crippen molar-refractivity contribution in [2.45, 2.75) is 59.0 Å². The average molecular weight is 326 g/mol. The van der Waals surface area contributed by atoms with E-state index in [0.717, 1.165) is 48.6 Å². The highest BCUT2D eigenvalue weighted by molar-refractivity contribution is 5.79. The van der Waals surface area contributed by atoms with Crippen molar-refractivity contribution in [3.63, 3.8) is 0 Å². The number of likely N-dealkylation sites (tertiary alicyclic amines) is 1. The van der Waals surface area contributed by atoms with Gasteiger partial charge in [0.05, 0.1) is 24.7 Å². The first-order valence-corrected chi connectivity index (χ1v) is 8.75. The molecule has 0 saturated carbocycles. The summed E-state index contributed by atoms with van der Waals surface area (Å²) in [5.41, 5.74) is 4.16. The van der Waals surface area contributed by atoms with E-state index in [1.165, 1.54) is 6.42 Å². The summed E-state index contributed by atoms with van der Waals surface area (Å²) in [4.78, 5) is 19.2. The third-order valence-corrected chi connectivity index (χ3v) is 4.76. The van der Waals surface area contributed by atoms with Crippen LogP contribution in [-0.4, -0.2) is 38.2 Å². The Balaban J connectivity index is 1.70. The minimum absolute atomic E-state index is 0.201. The Bertz CT molecular complexity index is 705. The Morgan fingerprint density at radius 2 is 2.04 bits per heavy atom. The molecule has 0 bridgehead atoms. The van der Waals surface area contributed by atoms with Gasteiger partial charge in [-0.3, -0.25) is 14.5 Å². The number of piperidine rings is 1. The van der Waals surface area contributed by atoms with E-state index in [1.807, 2.05) is 36.9 Å². The van der Waals surface area contributed by atoms with Crippen LogP contribution < -0.4 is 0 Å². The topological polar surface area (TPSA) is 51.0 Å². The van der Waals surface area contributed by atoms with Gasteiger partial charge in [-0.2, -0.15) is 5.10 Å². The normalized spacial score (nSPS) is 18.0. The molecular formula is C19H26N4O. The van der Waals surface area contributed by atoms with Crippen LogP contribution in [0.1, 0.15) is 41.9 Å². The van der Waals surface area contributed by atoms with Gasteiger partial charge in [0.25, 0.3) is 0 Å². The van der Waals surface area contributed by atoms with Gasteiger partial charge in [0.2, 0.25) is 5.91 Å². The molecule has 0 aromatic carbocycles. The number of nitrogens with zero attached hydrogens (tertiary/aromatic N) is 4. The molecular weight excluding hydrogens is 300 g/mol. The third kappa shape index (κ3) is 3.83. The van der Waals surface area contributed by atoms with E-state index in [1.54, 1.807) is 0 Å². The molecule has 1 aliphatic rings. The number of amides is 1. The molecule has 0 radical (unpaired) electrons. The summed E-state index contributed by atoms with van der Waals surface area (Å²) < 4.78 is 2.04. The molecule has 0 aliphatic carbocycles. The summed E-state index contributed by atoms with van der Waals surface area (Å²) in [6.07, 6.45) is 5.57. The molecule has 1 amide bonds. The van der Waals surface area contributed by atoms with Gasteiger partial charge in [-0.05, 0) is 57.7 Å². The standard InChI is InChI=1S/C19H26N4O/c1-14-7-8-17(12-20-14)11-19(24)22-9-5-4-6-18(22)13-23-16(3)10-15(2)21-23/h7-8,10,12,18H,4-6,9,11,13H2,1-3H3/t18-/m1/s1. The smallest absolute Gasteiger partial charge is 0.227 e. The molecule has 0 spiro atoms. The van der Waals surface area contributed by atoms with Crippen LogP contribution in [0.3, 0.4) is 0 Å². The Kier molecular flexibility index (Phi) is 4.97. The van der Waals surface area contributed by atoms with Crippen LogP contribution in [0.5, 0.6) is 0 Å². The Labute approximate surface area is 143 Å². The van der Waals surface area contributed by atoms with Crippen LogP contribution >= 0.6 is 0 Å². The number of carbonyl (C=O) groups is 1. The lowest BCUT2D eigenvalue weighted by molar-refractivity contribution is -0.134. The van der Waals surface area contributed by atoms with Gasteiger partial charge >= 0.3 is 0 Å². The fourth-order valence-electron chi connectivity index (χ4n) is 3.46. The van der Waals surface area contributed by atoms with E-state index in [2.05, 4.69) is 28.0 Å². The summed E-state index contributed by atoms with van der Waals surface area (Å²) in [5.74, 6) is 0.201. The van der Waals surface area contributed by atoms with Gasteiger partial charge in [0.1, 0.15) is 0 Å². The lowest BCUT2D eigenvalue weighted by Gasteiger charge is -2.36. The van der Waals surface area contributed by atoms with Gasteiger partial charge in [-0.1, -0.05) is 6.07 Å². The van der Waals surface area contributed by atoms with E-state index < -0.39 is 0 Å². The highest BCUT2D eigenvalue weighted by atomic mass is 16.2. The van der Waals surface area contributed by atoms with Crippen molar-refractivity contribution in [3.8, 4) is 0 Å². The summed E-state index contributed by atoms with van der Waals surface area (Å²) in [7, 11) is 0. The first-order valence-electron chi connectivity index (χ1n) is 8.75. The number of hydrogen-bond donors (Lipinski definition) is 0. The van der Waals surface area contributed by atoms with Crippen molar-refractivity contribution >= 4 is 5.91 Å². The molecule has 2 aromatic rings. The largest absolute Gasteiger partial charge is 0.338 e. The Morgan fingerprint density at radius 3 is 2.71 bits per heavy atom. The molecule has 5 nitrogen and oxygen atoms in total. The summed E-state index contributed by atoms with van der Waals surface area (Å²) >= 11 is 0. The molecule has 3 rings (SSSR count). The predicted octanol–water partition coefficient (Wildman–Crippen LogP) is 2.83. The minimum Gasteiger partial charge on any atom is -0.338 e. The Hall–Kier alpha value is -2.17. The second-order valence-corrected chi connectivity index (χ2v) is 6.83. The molecule has 1 aliphatic heterocycles. The number of carbonyl (C=O) groups excluding carboxylic acids is 1. The summed E-state index contributed by atoms with van der Waals surface area (Å²) in [5, 5.41) is 4.56. The van der Waals surface area contributed by atoms with Crippen LogP contribution in [0.4, 0.5) is 0 Å². The molecule has 128 valence electrons. The van der Waals surface area contributed by atoms with Crippen molar-refractivity contribution in [1.82, 2.24) is 19.7 Å². The summed E-state index contributed by atoms with van der Waals surface area (Å²) in [6.45, 7) is 7.69. The molecule has 0 N–H and O–H groups in total. The van der Waals surface area contributed by atoms with Crippen molar-refractivity contribution < 1.29 is 4.79 Å². The fraction of sp³-hybridized carbons (Fsp3) is 0.526. The average Bonchev–Trinajstić information content (AvgIpc) is 2.87. The van der Waals surface area contributed by atoms with Gasteiger partial charge < -0.3 is 4.90 Å².